The van der Waals surface area contributed by atoms with Gasteiger partial charge in [-0.3, -0.25) is 0 Å². The quantitative estimate of drug-likeness (QED) is 0.238. The Balaban J connectivity index is 3.77. The molecule has 32 heavy (non-hydrogen) atoms. The van der Waals surface area contributed by atoms with E-state index < -0.39 is 75.7 Å². The van der Waals surface area contributed by atoms with Crippen molar-refractivity contribution in [1.29, 1.82) is 0 Å². The molecular weight excluding hydrogens is 563 g/mol. The van der Waals surface area contributed by atoms with Crippen LogP contribution in [0.2, 0.25) is 0 Å². The predicted molar refractivity (Wildman–Crippen MR) is 68.4 cm³/mol. The van der Waals surface area contributed by atoms with Gasteiger partial charge in [-0.2, -0.15) is 0 Å². The maximum absolute atomic E-state index is 11.0. The summed E-state index contributed by atoms with van der Waals surface area (Å²) in [5, 5.41) is 10.0. The Hall–Kier alpha value is 0.510. The topological polar surface area (TPSA) is 382 Å². The van der Waals surface area contributed by atoms with Gasteiger partial charge in [-0.1, -0.05) is 0 Å². The van der Waals surface area contributed by atoms with Gasteiger partial charge in [0, 0.05) is 0 Å². The summed E-state index contributed by atoms with van der Waals surface area (Å²) >= 11 is 0. The molecule has 1 aliphatic rings. The van der Waals surface area contributed by atoms with Crippen molar-refractivity contribution < 1.29 is 99.5 Å². The molecule has 26 heteroatoms. The second-order valence-corrected chi connectivity index (χ2v) is 11.1. The van der Waals surface area contributed by atoms with Crippen LogP contribution in [-0.2, 0) is 45.4 Å². The van der Waals surface area contributed by atoms with Crippen LogP contribution < -0.4 is 48.9 Å². The molecule has 0 aliphatic heterocycles. The Kier molecular flexibility index (Phi) is 9.78. The van der Waals surface area contributed by atoms with Crippen LogP contribution in [0.15, 0.2) is 0 Å². The molecule has 6 atom stereocenters. The van der Waals surface area contributed by atoms with Gasteiger partial charge in [-0.25, -0.2) is 0 Å². The molecule has 0 bridgehead atoms. The standard InChI is InChI=1S/C6H17O21P5/c7-1-2(23-28(8,9)10)4(25-30(14,15)16)6(27-32(20,21)22)5(26-31(17,18)19)3(1)24-29(11,12)13/h1-7H,(H2,8,9,10)(H2,11,12,13)(H2,14,15,16)(H2,17,18,19)(H2,20,21,22)/p-10/t1?,2-,3-,4-,5+,6?/m0/s1. The van der Waals surface area contributed by atoms with Gasteiger partial charge in [0.1, 0.15) is 36.6 Å². The number of phosphoric acid groups is 5. The lowest BCUT2D eigenvalue weighted by Crippen LogP contribution is -2.67. The molecule has 0 aromatic rings. The van der Waals surface area contributed by atoms with Crippen LogP contribution in [0.5, 0.6) is 0 Å². The van der Waals surface area contributed by atoms with Gasteiger partial charge in [0.2, 0.25) is 0 Å². The minimum Gasteiger partial charge on any atom is -0.790 e. The number of hydrogen-bond donors (Lipinski definition) is 1. The van der Waals surface area contributed by atoms with E-state index in [0.29, 0.717) is 0 Å². The zero-order chi connectivity index (χ0) is 25.5. The first kappa shape index (κ1) is 30.5. The summed E-state index contributed by atoms with van der Waals surface area (Å²) < 4.78 is 73.0. The Morgan fingerprint density at radius 3 is 0.750 bits per heavy atom. The smallest absolute Gasteiger partial charge is 0.121 e. The molecule has 192 valence electrons. The number of phosphoric ester groups is 5. The van der Waals surface area contributed by atoms with Crippen molar-refractivity contribution >= 4 is 39.1 Å². The third kappa shape index (κ3) is 10.8. The number of rotatable bonds is 10. The summed E-state index contributed by atoms with van der Waals surface area (Å²) in [6.07, 6.45) is -19.5. The minimum absolute atomic E-state index is 3.20. The monoisotopic (exact) mass is 570 g/mol. The van der Waals surface area contributed by atoms with Gasteiger partial charge in [-0.05, 0) is 0 Å². The van der Waals surface area contributed by atoms with Gasteiger partial charge in [0.15, 0.2) is 0 Å². The van der Waals surface area contributed by atoms with Crippen molar-refractivity contribution in [1.82, 2.24) is 0 Å². The van der Waals surface area contributed by atoms with Crippen LogP contribution in [0.3, 0.4) is 0 Å². The third-order valence-corrected chi connectivity index (χ3v) is 5.73. The lowest BCUT2D eigenvalue weighted by atomic mass is 9.85. The normalized spacial score (nSPS) is 31.0. The Morgan fingerprint density at radius 2 is 0.562 bits per heavy atom. The van der Waals surface area contributed by atoms with Crippen molar-refractivity contribution in [3.05, 3.63) is 0 Å². The second-order valence-electron chi connectivity index (χ2n) is 5.58. The molecule has 0 aromatic heterocycles. The van der Waals surface area contributed by atoms with E-state index in [0.717, 1.165) is 0 Å². The van der Waals surface area contributed by atoms with E-state index in [4.69, 9.17) is 0 Å². The second kappa shape index (κ2) is 10.2. The van der Waals surface area contributed by atoms with Crippen LogP contribution in [-0.4, -0.2) is 41.7 Å². The van der Waals surface area contributed by atoms with E-state index in [1.54, 1.807) is 0 Å². The molecule has 21 nitrogen and oxygen atoms in total. The number of hydrogen-bond acceptors (Lipinski definition) is 21. The summed E-state index contributed by atoms with van der Waals surface area (Å²) in [5.41, 5.74) is 0. The predicted octanol–water partition coefficient (Wildman–Crippen LogP) is -9.57. The van der Waals surface area contributed by atoms with Crippen LogP contribution in [0, 0.1) is 0 Å². The van der Waals surface area contributed by atoms with E-state index in [1.807, 2.05) is 0 Å². The summed E-state index contributed by atoms with van der Waals surface area (Å²) in [5.74, 6) is 0. The molecule has 1 fully saturated rings. The van der Waals surface area contributed by atoms with Crippen LogP contribution in [0.25, 0.3) is 0 Å². The fourth-order valence-electron chi connectivity index (χ4n) is 2.49. The summed E-state index contributed by atoms with van der Waals surface area (Å²) in [4.78, 5) is 109. The van der Waals surface area contributed by atoms with E-state index in [-0.39, 0.29) is 0 Å². The van der Waals surface area contributed by atoms with Crippen LogP contribution in [0.1, 0.15) is 0 Å². The lowest BCUT2D eigenvalue weighted by Gasteiger charge is -2.55. The number of aliphatic hydroxyl groups excluding tert-OH is 1. The molecule has 1 rings (SSSR count). The molecular formula is C6H7O21P5-10. The summed E-state index contributed by atoms with van der Waals surface area (Å²) in [6.45, 7) is 0. The first-order valence-electron chi connectivity index (χ1n) is 7.09. The van der Waals surface area contributed by atoms with Crippen molar-refractivity contribution in [3.8, 4) is 0 Å². The highest BCUT2D eigenvalue weighted by molar-refractivity contribution is 7.44. The first-order chi connectivity index (χ1) is 13.9. The Bertz CT molecular complexity index is 824. The Labute approximate surface area is 176 Å². The fourth-order valence-corrected chi connectivity index (χ4v) is 5.19. The summed E-state index contributed by atoms with van der Waals surface area (Å²) in [6, 6.07) is 0. The molecule has 0 aromatic carbocycles. The molecule has 1 saturated carbocycles. The van der Waals surface area contributed by atoms with Gasteiger partial charge in [-0.15, -0.1) is 0 Å². The molecule has 0 radical (unpaired) electrons. The average molecular weight is 570 g/mol. The van der Waals surface area contributed by atoms with E-state index >= 15 is 0 Å². The molecule has 1 aliphatic carbocycles. The zero-order valence-electron chi connectivity index (χ0n) is 14.3. The molecule has 2 unspecified atom stereocenters. The molecule has 0 heterocycles. The van der Waals surface area contributed by atoms with Gasteiger partial charge in [0.05, 0.1) is 39.1 Å². The lowest BCUT2D eigenvalue weighted by molar-refractivity contribution is -0.384. The summed E-state index contributed by atoms with van der Waals surface area (Å²) in [7, 11) is -32.2. The SMILES string of the molecule is O=P([O-])([O-])OC1[C@@H](OP(=O)([O-])[O-])[C@@H](OP(=O)([O-])[O-])C(O)[C@H](OP(=O)([O-])[O-])[C@H]1OP(=O)([O-])[O-]. The van der Waals surface area contributed by atoms with Crippen LogP contribution >= 0.6 is 39.1 Å². The maximum atomic E-state index is 11.0. The van der Waals surface area contributed by atoms with Gasteiger partial charge < -0.3 is 99.5 Å². The molecule has 0 amide bonds. The van der Waals surface area contributed by atoms with E-state index in [2.05, 4.69) is 22.6 Å². The zero-order valence-corrected chi connectivity index (χ0v) is 18.8. The van der Waals surface area contributed by atoms with Gasteiger partial charge in [0.25, 0.3) is 0 Å². The maximum Gasteiger partial charge on any atom is 0.121 e. The van der Waals surface area contributed by atoms with E-state index in [9.17, 15) is 76.9 Å². The van der Waals surface area contributed by atoms with Crippen LogP contribution in [0.4, 0.5) is 0 Å². The van der Waals surface area contributed by atoms with Crippen molar-refractivity contribution in [2.75, 3.05) is 0 Å². The highest BCUT2D eigenvalue weighted by Gasteiger charge is 2.55. The molecule has 0 saturated heterocycles. The van der Waals surface area contributed by atoms with E-state index in [1.165, 1.54) is 0 Å². The number of aliphatic hydroxyl groups is 1. The largest absolute Gasteiger partial charge is 0.790 e. The van der Waals surface area contributed by atoms with Gasteiger partial charge >= 0.3 is 0 Å². The van der Waals surface area contributed by atoms with Crippen molar-refractivity contribution in [2.24, 2.45) is 0 Å². The van der Waals surface area contributed by atoms with Crippen molar-refractivity contribution in [3.63, 3.8) is 0 Å². The average Bonchev–Trinajstić information content (AvgIpc) is 2.45. The third-order valence-electron chi connectivity index (χ3n) is 3.22. The fraction of sp³-hybridized carbons (Fsp3) is 1.00. The molecule has 1 N–H and O–H groups in total. The highest BCUT2D eigenvalue weighted by Crippen LogP contribution is 2.49. The highest BCUT2D eigenvalue weighted by atomic mass is 31.2. The molecule has 0 spiro atoms. The minimum atomic E-state index is -6.51. The Morgan fingerprint density at radius 1 is 0.406 bits per heavy atom. The first-order valence-corrected chi connectivity index (χ1v) is 14.4. The van der Waals surface area contributed by atoms with Crippen molar-refractivity contribution in [2.45, 2.75) is 36.6 Å².